The smallest absolute Gasteiger partial charge is 0.313 e. The number of amides is 2. The maximum atomic E-state index is 12.6. The molecule has 0 saturated carbocycles. The first-order valence-electron chi connectivity index (χ1n) is 11.0. The summed E-state index contributed by atoms with van der Waals surface area (Å²) in [6.07, 6.45) is 0.968. The molecule has 2 N–H and O–H groups in total. The third kappa shape index (κ3) is 4.86. The first-order chi connectivity index (χ1) is 16.2. The summed E-state index contributed by atoms with van der Waals surface area (Å²) in [5.41, 5.74) is 4.32. The fourth-order valence-corrected chi connectivity index (χ4v) is 4.99. The molecule has 33 heavy (non-hydrogen) atoms. The summed E-state index contributed by atoms with van der Waals surface area (Å²) in [6, 6.07) is 15.6. The van der Waals surface area contributed by atoms with E-state index in [4.69, 9.17) is 9.47 Å². The lowest BCUT2D eigenvalue weighted by molar-refractivity contribution is -0.136. The first kappa shape index (κ1) is 21.5. The summed E-state index contributed by atoms with van der Waals surface area (Å²) in [5.74, 6) is -0.185. The van der Waals surface area contributed by atoms with Gasteiger partial charge < -0.3 is 20.1 Å². The lowest BCUT2D eigenvalue weighted by atomic mass is 9.97. The zero-order valence-corrected chi connectivity index (χ0v) is 18.9. The van der Waals surface area contributed by atoms with Gasteiger partial charge in [0.05, 0.1) is 6.04 Å². The van der Waals surface area contributed by atoms with Crippen LogP contribution in [0.4, 0.5) is 5.69 Å². The van der Waals surface area contributed by atoms with E-state index in [9.17, 15) is 9.59 Å². The van der Waals surface area contributed by atoms with Crippen LogP contribution < -0.4 is 20.1 Å². The molecule has 1 aromatic heterocycles. The Morgan fingerprint density at radius 2 is 1.82 bits per heavy atom. The Labute approximate surface area is 196 Å². The molecule has 2 aliphatic heterocycles. The van der Waals surface area contributed by atoms with E-state index in [0.29, 0.717) is 36.9 Å². The Morgan fingerprint density at radius 3 is 2.64 bits per heavy atom. The molecule has 2 aliphatic rings. The van der Waals surface area contributed by atoms with Crippen LogP contribution in [0.3, 0.4) is 0 Å². The number of carbonyl (C=O) groups is 2. The second kappa shape index (κ2) is 9.64. The highest BCUT2D eigenvalue weighted by molar-refractivity contribution is 7.08. The minimum Gasteiger partial charge on any atom is -0.486 e. The molecule has 0 spiro atoms. The van der Waals surface area contributed by atoms with Crippen LogP contribution in [0.5, 0.6) is 11.5 Å². The highest BCUT2D eigenvalue weighted by atomic mass is 32.1. The number of thiophene rings is 1. The summed E-state index contributed by atoms with van der Waals surface area (Å²) < 4.78 is 11.0. The van der Waals surface area contributed by atoms with Crippen LogP contribution in [0.1, 0.15) is 22.7 Å². The van der Waals surface area contributed by atoms with E-state index in [1.807, 2.05) is 5.38 Å². The summed E-state index contributed by atoms with van der Waals surface area (Å²) in [5, 5.41) is 9.62. The molecule has 1 atom stereocenters. The van der Waals surface area contributed by atoms with Crippen molar-refractivity contribution in [2.24, 2.45) is 0 Å². The molecule has 0 fully saturated rings. The molecule has 7 nitrogen and oxygen atoms in total. The van der Waals surface area contributed by atoms with Gasteiger partial charge in [-0.1, -0.05) is 24.3 Å². The van der Waals surface area contributed by atoms with Crippen LogP contribution in [0.15, 0.2) is 59.3 Å². The van der Waals surface area contributed by atoms with Gasteiger partial charge in [-0.15, -0.1) is 0 Å². The lowest BCUT2D eigenvalue weighted by Gasteiger charge is -2.35. The molecule has 3 aromatic rings. The van der Waals surface area contributed by atoms with Crippen LogP contribution in [0.2, 0.25) is 0 Å². The van der Waals surface area contributed by atoms with E-state index in [1.165, 1.54) is 11.1 Å². The molecular weight excluding hydrogens is 438 g/mol. The number of ether oxygens (including phenoxy) is 2. The third-order valence-corrected chi connectivity index (χ3v) is 6.69. The van der Waals surface area contributed by atoms with Crippen LogP contribution in [0, 0.1) is 0 Å². The zero-order chi connectivity index (χ0) is 22.6. The number of benzene rings is 2. The van der Waals surface area contributed by atoms with Crippen molar-refractivity contribution < 1.29 is 19.1 Å². The van der Waals surface area contributed by atoms with Crippen LogP contribution >= 0.6 is 11.3 Å². The largest absolute Gasteiger partial charge is 0.486 e. The number of hydrogen-bond donors (Lipinski definition) is 2. The van der Waals surface area contributed by atoms with E-state index < -0.39 is 11.8 Å². The molecule has 0 saturated heterocycles. The van der Waals surface area contributed by atoms with E-state index in [-0.39, 0.29) is 6.04 Å². The maximum absolute atomic E-state index is 12.6. The first-order valence-corrected chi connectivity index (χ1v) is 11.9. The van der Waals surface area contributed by atoms with Gasteiger partial charge in [0, 0.05) is 31.4 Å². The van der Waals surface area contributed by atoms with Crippen molar-refractivity contribution in [3.63, 3.8) is 0 Å². The fraction of sp³-hybridized carbons (Fsp3) is 0.280. The van der Waals surface area contributed by atoms with Gasteiger partial charge >= 0.3 is 11.8 Å². The third-order valence-electron chi connectivity index (χ3n) is 5.99. The molecule has 2 aromatic carbocycles. The minimum atomic E-state index is -0.709. The number of fused-ring (bicyclic) bond motifs is 2. The van der Waals surface area contributed by atoms with Crippen molar-refractivity contribution >= 4 is 28.8 Å². The van der Waals surface area contributed by atoms with Gasteiger partial charge in [-0.2, -0.15) is 11.3 Å². The number of nitrogens with zero attached hydrogens (tertiary/aromatic N) is 1. The van der Waals surface area contributed by atoms with Gasteiger partial charge in [0.25, 0.3) is 0 Å². The molecule has 0 radical (unpaired) electrons. The van der Waals surface area contributed by atoms with Crippen molar-refractivity contribution in [3.8, 4) is 11.5 Å². The molecule has 2 amide bonds. The number of nitrogens with one attached hydrogen (secondary N) is 2. The van der Waals surface area contributed by atoms with Crippen molar-refractivity contribution in [1.29, 1.82) is 0 Å². The Balaban J connectivity index is 1.23. The van der Waals surface area contributed by atoms with E-state index >= 15 is 0 Å². The molecular formula is C25H25N3O4S. The summed E-state index contributed by atoms with van der Waals surface area (Å²) in [4.78, 5) is 27.5. The van der Waals surface area contributed by atoms with Crippen LogP contribution in [-0.2, 0) is 22.6 Å². The fourth-order valence-electron chi connectivity index (χ4n) is 4.28. The van der Waals surface area contributed by atoms with Crippen molar-refractivity contribution in [1.82, 2.24) is 10.2 Å². The molecule has 5 rings (SSSR count). The zero-order valence-electron chi connectivity index (χ0n) is 18.1. The van der Waals surface area contributed by atoms with Gasteiger partial charge in [-0.3, -0.25) is 14.5 Å². The summed E-state index contributed by atoms with van der Waals surface area (Å²) in [6.45, 7) is 3.02. The number of rotatable bonds is 5. The van der Waals surface area contributed by atoms with Gasteiger partial charge in [-0.05, 0) is 52.1 Å². The van der Waals surface area contributed by atoms with Gasteiger partial charge in [0.15, 0.2) is 11.5 Å². The average Bonchev–Trinajstić information content (AvgIpc) is 3.38. The quantitative estimate of drug-likeness (QED) is 0.567. The van der Waals surface area contributed by atoms with Crippen LogP contribution in [-0.4, -0.2) is 43.0 Å². The van der Waals surface area contributed by atoms with Crippen molar-refractivity contribution in [2.75, 3.05) is 31.6 Å². The monoisotopic (exact) mass is 463 g/mol. The topological polar surface area (TPSA) is 79.9 Å². The second-order valence-electron chi connectivity index (χ2n) is 8.08. The number of anilines is 1. The van der Waals surface area contributed by atoms with Crippen LogP contribution in [0.25, 0.3) is 0 Å². The SMILES string of the molecule is O=C(NC[C@@H](c1ccsc1)N1CCc2ccccc2C1)C(=O)Nc1ccc2c(c1)OCCO2. The number of carbonyl (C=O) groups excluding carboxylic acids is 2. The molecule has 0 bridgehead atoms. The van der Waals surface area contributed by atoms with Gasteiger partial charge in [-0.25, -0.2) is 0 Å². The van der Waals surface area contributed by atoms with Crippen molar-refractivity contribution in [2.45, 2.75) is 19.0 Å². The Morgan fingerprint density at radius 1 is 1.00 bits per heavy atom. The molecule has 0 unspecified atom stereocenters. The summed E-state index contributed by atoms with van der Waals surface area (Å²) in [7, 11) is 0. The second-order valence-corrected chi connectivity index (χ2v) is 8.86. The Hall–Kier alpha value is -3.36. The summed E-state index contributed by atoms with van der Waals surface area (Å²) >= 11 is 1.63. The van der Waals surface area contributed by atoms with Crippen molar-refractivity contribution in [3.05, 3.63) is 76.0 Å². The number of hydrogen-bond acceptors (Lipinski definition) is 6. The maximum Gasteiger partial charge on any atom is 0.313 e. The Kier molecular flexibility index (Phi) is 6.28. The predicted molar refractivity (Wildman–Crippen MR) is 127 cm³/mol. The molecule has 170 valence electrons. The van der Waals surface area contributed by atoms with E-state index in [2.05, 4.69) is 51.2 Å². The highest BCUT2D eigenvalue weighted by Crippen LogP contribution is 2.32. The normalized spacial score (nSPS) is 15.9. The van der Waals surface area contributed by atoms with E-state index in [1.54, 1.807) is 29.5 Å². The Bertz CT molecular complexity index is 1150. The molecule has 3 heterocycles. The van der Waals surface area contributed by atoms with Gasteiger partial charge in [0.2, 0.25) is 0 Å². The average molecular weight is 464 g/mol. The highest BCUT2D eigenvalue weighted by Gasteiger charge is 2.26. The molecule has 0 aliphatic carbocycles. The standard InChI is InChI=1S/C25H25N3O4S/c29-24(25(30)27-20-5-6-22-23(13-20)32-11-10-31-22)26-14-21(19-8-12-33-16-19)28-9-7-17-3-1-2-4-18(17)15-28/h1-6,8,12-13,16,21H,7,9-11,14-15H2,(H,26,29)(H,27,30)/t21-/m0/s1. The lowest BCUT2D eigenvalue weighted by Crippen LogP contribution is -2.43. The molecule has 8 heteroatoms. The van der Waals surface area contributed by atoms with Gasteiger partial charge in [0.1, 0.15) is 13.2 Å². The predicted octanol–water partition coefficient (Wildman–Crippen LogP) is 3.37. The minimum absolute atomic E-state index is 0.00403. The van der Waals surface area contributed by atoms with E-state index in [0.717, 1.165) is 25.1 Å².